The second-order valence-corrected chi connectivity index (χ2v) is 7.39. The van der Waals surface area contributed by atoms with Gasteiger partial charge in [0, 0.05) is 6.04 Å². The van der Waals surface area contributed by atoms with Crippen molar-refractivity contribution in [2.24, 2.45) is 11.8 Å². The number of amides is 2. The molecule has 8 heteroatoms. The number of methoxy groups -OCH3 is 1. The standard InChI is InChI=1S/C15H21BrN4O3/c1-7(2)12(19-15(22)23-3)14(21)20-9-4-8(9)5-10(20)13-17-6-11(16)18-13/h6-10,12H,4-5H2,1-3H3,(H,17,18)(H,19,22)/t8-,9-,10+,12+/m1/s1. The molecule has 1 saturated carbocycles. The third kappa shape index (κ3) is 3.08. The predicted octanol–water partition coefficient (Wildman–Crippen LogP) is 2.21. The van der Waals surface area contributed by atoms with E-state index in [0.29, 0.717) is 5.92 Å². The monoisotopic (exact) mass is 384 g/mol. The van der Waals surface area contributed by atoms with Crippen LogP contribution >= 0.6 is 15.9 Å². The van der Waals surface area contributed by atoms with Crippen molar-refractivity contribution in [3.05, 3.63) is 16.6 Å². The Hall–Kier alpha value is -1.57. The van der Waals surface area contributed by atoms with Gasteiger partial charge in [-0.15, -0.1) is 0 Å². The minimum absolute atomic E-state index is 0.0246. The molecule has 2 aliphatic rings. The first-order valence-electron chi connectivity index (χ1n) is 7.79. The topological polar surface area (TPSA) is 87.3 Å². The van der Waals surface area contributed by atoms with E-state index in [2.05, 4.69) is 36.0 Å². The van der Waals surface area contributed by atoms with Gasteiger partial charge in [-0.1, -0.05) is 13.8 Å². The number of nitrogens with zero attached hydrogens (tertiary/aromatic N) is 2. The number of carbonyl (C=O) groups excluding carboxylic acids is 2. The van der Waals surface area contributed by atoms with Crippen LogP contribution in [0.25, 0.3) is 0 Å². The fourth-order valence-electron chi connectivity index (χ4n) is 3.36. The van der Waals surface area contributed by atoms with Gasteiger partial charge in [0.1, 0.15) is 16.5 Å². The SMILES string of the molecule is COC(=O)N[C@H](C(=O)N1[C@@H]2C[C@@H]2C[C@H]1c1ncc(Br)[nH]1)C(C)C. The van der Waals surface area contributed by atoms with E-state index in [9.17, 15) is 9.59 Å². The zero-order valence-electron chi connectivity index (χ0n) is 13.4. The fraction of sp³-hybridized carbons (Fsp3) is 0.667. The Balaban J connectivity index is 1.81. The molecule has 2 N–H and O–H groups in total. The first-order valence-corrected chi connectivity index (χ1v) is 8.58. The first kappa shape index (κ1) is 16.3. The third-order valence-electron chi connectivity index (χ3n) is 4.63. The summed E-state index contributed by atoms with van der Waals surface area (Å²) < 4.78 is 5.45. The van der Waals surface area contributed by atoms with Crippen LogP contribution in [0, 0.1) is 11.8 Å². The van der Waals surface area contributed by atoms with Gasteiger partial charge < -0.3 is 19.9 Å². The average molecular weight is 385 g/mol. The molecule has 2 amide bonds. The van der Waals surface area contributed by atoms with Crippen molar-refractivity contribution in [2.45, 2.75) is 44.8 Å². The molecule has 7 nitrogen and oxygen atoms in total. The largest absolute Gasteiger partial charge is 0.453 e. The van der Waals surface area contributed by atoms with E-state index in [4.69, 9.17) is 0 Å². The van der Waals surface area contributed by atoms with Crippen molar-refractivity contribution in [1.82, 2.24) is 20.2 Å². The maximum Gasteiger partial charge on any atom is 0.407 e. The lowest BCUT2D eigenvalue weighted by Crippen LogP contribution is -2.52. The Labute approximate surface area is 143 Å². The highest BCUT2D eigenvalue weighted by Gasteiger charge is 2.56. The van der Waals surface area contributed by atoms with Gasteiger partial charge in [0.15, 0.2) is 0 Å². The summed E-state index contributed by atoms with van der Waals surface area (Å²) in [4.78, 5) is 34.1. The van der Waals surface area contributed by atoms with E-state index < -0.39 is 12.1 Å². The Morgan fingerprint density at radius 1 is 1.48 bits per heavy atom. The summed E-state index contributed by atoms with van der Waals surface area (Å²) in [5, 5.41) is 2.67. The van der Waals surface area contributed by atoms with E-state index in [1.165, 1.54) is 7.11 Å². The van der Waals surface area contributed by atoms with Gasteiger partial charge in [-0.25, -0.2) is 9.78 Å². The Bertz CT molecular complexity index is 618. The highest BCUT2D eigenvalue weighted by atomic mass is 79.9. The minimum atomic E-state index is -0.595. The number of hydrogen-bond donors (Lipinski definition) is 2. The van der Waals surface area contributed by atoms with Gasteiger partial charge in [0.25, 0.3) is 0 Å². The molecular weight excluding hydrogens is 364 g/mol. The summed E-state index contributed by atoms with van der Waals surface area (Å²) >= 11 is 3.36. The molecule has 2 fully saturated rings. The summed E-state index contributed by atoms with van der Waals surface area (Å²) in [5.41, 5.74) is 0. The van der Waals surface area contributed by atoms with Crippen molar-refractivity contribution in [3.8, 4) is 0 Å². The number of ether oxygens (including phenoxy) is 1. The lowest BCUT2D eigenvalue weighted by Gasteiger charge is -2.31. The number of halogens is 1. The van der Waals surface area contributed by atoms with Gasteiger partial charge in [-0.05, 0) is 40.6 Å². The van der Waals surface area contributed by atoms with Crippen molar-refractivity contribution in [2.75, 3.05) is 7.11 Å². The molecule has 0 radical (unpaired) electrons. The Kier molecular flexibility index (Phi) is 4.35. The van der Waals surface area contributed by atoms with Crippen molar-refractivity contribution < 1.29 is 14.3 Å². The van der Waals surface area contributed by atoms with Crippen LogP contribution in [0.2, 0.25) is 0 Å². The average Bonchev–Trinajstić information content (AvgIpc) is 2.96. The number of rotatable bonds is 4. The molecule has 4 atom stereocenters. The van der Waals surface area contributed by atoms with E-state index in [1.54, 1.807) is 6.20 Å². The maximum absolute atomic E-state index is 13.1. The highest BCUT2D eigenvalue weighted by molar-refractivity contribution is 9.10. The lowest BCUT2D eigenvalue weighted by molar-refractivity contribution is -0.136. The molecule has 0 unspecified atom stereocenters. The molecule has 2 heterocycles. The van der Waals surface area contributed by atoms with Gasteiger partial charge in [0.05, 0.1) is 19.3 Å². The molecule has 0 bridgehead atoms. The van der Waals surface area contributed by atoms with Gasteiger partial charge >= 0.3 is 6.09 Å². The number of aromatic amines is 1. The Morgan fingerprint density at radius 2 is 2.22 bits per heavy atom. The number of imidazole rings is 1. The number of alkyl carbamates (subject to hydrolysis) is 1. The molecule has 1 aromatic rings. The van der Waals surface area contributed by atoms with Crippen LogP contribution in [0.3, 0.4) is 0 Å². The highest BCUT2D eigenvalue weighted by Crippen LogP contribution is 2.53. The van der Waals surface area contributed by atoms with Crippen LogP contribution < -0.4 is 5.32 Å². The van der Waals surface area contributed by atoms with Crippen LogP contribution in [0.15, 0.2) is 10.8 Å². The Morgan fingerprint density at radius 3 is 2.78 bits per heavy atom. The molecule has 23 heavy (non-hydrogen) atoms. The number of H-pyrrole nitrogens is 1. The van der Waals surface area contributed by atoms with Gasteiger partial charge in [-0.2, -0.15) is 0 Å². The molecule has 1 aliphatic carbocycles. The second kappa shape index (κ2) is 6.14. The van der Waals surface area contributed by atoms with Crippen molar-refractivity contribution in [1.29, 1.82) is 0 Å². The zero-order chi connectivity index (χ0) is 16.7. The molecular formula is C15H21BrN4O3. The van der Waals surface area contributed by atoms with Gasteiger partial charge in [0.2, 0.25) is 5.91 Å². The van der Waals surface area contributed by atoms with Crippen LogP contribution in [0.4, 0.5) is 4.79 Å². The lowest BCUT2D eigenvalue weighted by atomic mass is 10.0. The predicted molar refractivity (Wildman–Crippen MR) is 86.6 cm³/mol. The summed E-state index contributed by atoms with van der Waals surface area (Å²) in [7, 11) is 1.30. The van der Waals surface area contributed by atoms with Crippen LogP contribution in [0.1, 0.15) is 38.6 Å². The smallest absolute Gasteiger partial charge is 0.407 e. The van der Waals surface area contributed by atoms with Crippen molar-refractivity contribution >= 4 is 27.9 Å². The first-order chi connectivity index (χ1) is 10.9. The molecule has 0 spiro atoms. The maximum atomic E-state index is 13.1. The van der Waals surface area contributed by atoms with Crippen LogP contribution in [-0.2, 0) is 9.53 Å². The molecule has 126 valence electrons. The molecule has 1 aromatic heterocycles. The van der Waals surface area contributed by atoms with E-state index in [1.807, 2.05) is 18.7 Å². The molecule has 0 aromatic carbocycles. The summed E-state index contributed by atoms with van der Waals surface area (Å²) in [6.45, 7) is 3.83. The molecule has 1 aliphatic heterocycles. The van der Waals surface area contributed by atoms with E-state index >= 15 is 0 Å². The summed E-state index contributed by atoms with van der Waals surface area (Å²) in [6, 6.07) is -0.391. The normalized spacial score (nSPS) is 26.8. The number of carbonyl (C=O) groups is 2. The zero-order valence-corrected chi connectivity index (χ0v) is 15.0. The summed E-state index contributed by atoms with van der Waals surface area (Å²) in [6.07, 6.45) is 3.07. The molecule has 3 rings (SSSR count). The second-order valence-electron chi connectivity index (χ2n) is 6.53. The van der Waals surface area contributed by atoms with E-state index in [-0.39, 0.29) is 23.9 Å². The van der Waals surface area contributed by atoms with Gasteiger partial charge in [-0.3, -0.25) is 4.79 Å². The van der Waals surface area contributed by atoms with Crippen LogP contribution in [-0.4, -0.2) is 46.1 Å². The van der Waals surface area contributed by atoms with Crippen molar-refractivity contribution in [3.63, 3.8) is 0 Å². The quantitative estimate of drug-likeness (QED) is 0.832. The van der Waals surface area contributed by atoms with E-state index in [0.717, 1.165) is 23.3 Å². The fourth-order valence-corrected chi connectivity index (χ4v) is 3.67. The number of nitrogens with one attached hydrogen (secondary N) is 2. The third-order valence-corrected chi connectivity index (χ3v) is 5.03. The number of likely N-dealkylation sites (tertiary alicyclic amines) is 1. The number of fused-ring (bicyclic) bond motifs is 1. The van der Waals surface area contributed by atoms with Crippen LogP contribution in [0.5, 0.6) is 0 Å². The number of aromatic nitrogens is 2. The summed E-state index contributed by atoms with van der Waals surface area (Å²) in [5.74, 6) is 1.24. The number of hydrogen-bond acceptors (Lipinski definition) is 4. The number of piperidine rings is 1. The minimum Gasteiger partial charge on any atom is -0.453 e. The molecule has 1 saturated heterocycles.